The van der Waals surface area contributed by atoms with E-state index in [9.17, 15) is 4.79 Å². The second kappa shape index (κ2) is 7.93. The van der Waals surface area contributed by atoms with Gasteiger partial charge in [-0.2, -0.15) is 0 Å². The van der Waals surface area contributed by atoms with E-state index in [-0.39, 0.29) is 5.91 Å². The van der Waals surface area contributed by atoms with Crippen molar-refractivity contribution in [2.24, 2.45) is 0 Å². The Morgan fingerprint density at radius 1 is 1.07 bits per heavy atom. The third-order valence-corrected chi connectivity index (χ3v) is 5.92. The molecule has 0 aliphatic heterocycles. The number of nitrogens with two attached hydrogens (primary N) is 1. The van der Waals surface area contributed by atoms with Crippen molar-refractivity contribution in [3.8, 4) is 17.0 Å². The van der Waals surface area contributed by atoms with Gasteiger partial charge in [-0.05, 0) is 60.5 Å². The van der Waals surface area contributed by atoms with Gasteiger partial charge in [0, 0.05) is 16.6 Å². The van der Waals surface area contributed by atoms with Crippen LogP contribution in [0.2, 0.25) is 0 Å². The maximum atomic E-state index is 12.8. The Bertz CT molecular complexity index is 1170. The van der Waals surface area contributed by atoms with E-state index in [4.69, 9.17) is 15.5 Å². The van der Waals surface area contributed by atoms with Crippen LogP contribution in [-0.4, -0.2) is 18.0 Å². The number of carbonyl (C=O) groups is 1. The number of methoxy groups -OCH3 is 1. The molecule has 0 bridgehead atoms. The normalized spacial score (nSPS) is 10.8. The average molecular weight is 404 g/mol. The molecule has 0 fully saturated rings. The number of hydrogen-bond donors (Lipinski definition) is 2. The highest BCUT2D eigenvalue weighted by Crippen LogP contribution is 2.35. The molecule has 6 heteroatoms. The summed E-state index contributed by atoms with van der Waals surface area (Å²) in [4.78, 5) is 18.7. The third kappa shape index (κ3) is 3.79. The van der Waals surface area contributed by atoms with Gasteiger partial charge in [0.2, 0.25) is 0 Å². The Kier molecular flexibility index (Phi) is 5.18. The lowest BCUT2D eigenvalue weighted by molar-refractivity contribution is 0.103. The predicted molar refractivity (Wildman–Crippen MR) is 120 cm³/mol. The number of nitrogens with zero attached hydrogens (tertiary/aromatic N) is 1. The first-order valence-electron chi connectivity index (χ1n) is 9.32. The number of benzene rings is 2. The molecule has 29 heavy (non-hydrogen) atoms. The van der Waals surface area contributed by atoms with E-state index in [1.807, 2.05) is 60.7 Å². The van der Waals surface area contributed by atoms with Crippen molar-refractivity contribution >= 4 is 38.8 Å². The number of aromatic nitrogens is 1. The van der Waals surface area contributed by atoms with Crippen LogP contribution < -0.4 is 15.8 Å². The number of ether oxygens (including phenoxy) is 1. The first kappa shape index (κ1) is 19.0. The predicted octanol–water partition coefficient (Wildman–Crippen LogP) is 5.37. The molecule has 0 unspecified atom stereocenters. The first-order chi connectivity index (χ1) is 14.1. The number of nitrogens with one attached hydrogen (secondary N) is 1. The number of aryl methyl sites for hydroxylation is 1. The van der Waals surface area contributed by atoms with Crippen molar-refractivity contribution in [3.63, 3.8) is 0 Å². The highest BCUT2D eigenvalue weighted by Gasteiger charge is 2.18. The van der Waals surface area contributed by atoms with Crippen LogP contribution in [0.5, 0.6) is 5.75 Å². The summed E-state index contributed by atoms with van der Waals surface area (Å²) in [6.07, 6.45) is 0.958. The molecule has 0 saturated heterocycles. The second-order valence-corrected chi connectivity index (χ2v) is 7.63. The van der Waals surface area contributed by atoms with E-state index < -0.39 is 0 Å². The molecule has 0 aliphatic rings. The minimum Gasteiger partial charge on any atom is -0.497 e. The van der Waals surface area contributed by atoms with Crippen LogP contribution in [0.15, 0.2) is 60.7 Å². The number of thiophene rings is 1. The van der Waals surface area contributed by atoms with Crippen molar-refractivity contribution < 1.29 is 9.53 Å². The Balaban J connectivity index is 1.62. The molecular weight excluding hydrogens is 382 g/mol. The lowest BCUT2D eigenvalue weighted by Crippen LogP contribution is -2.11. The molecule has 4 rings (SSSR count). The third-order valence-electron chi connectivity index (χ3n) is 4.81. The van der Waals surface area contributed by atoms with Crippen molar-refractivity contribution in [2.75, 3.05) is 18.2 Å². The van der Waals surface area contributed by atoms with Crippen molar-refractivity contribution in [2.45, 2.75) is 13.3 Å². The minimum absolute atomic E-state index is 0.222. The molecule has 146 valence electrons. The quantitative estimate of drug-likeness (QED) is 0.470. The lowest BCUT2D eigenvalue weighted by atomic mass is 10.1. The maximum absolute atomic E-state index is 12.8. The SMILES string of the molecule is CCc1ccc(NC(=O)c2sc3nc(-c4ccc(OC)cc4)ccc3c2N)cc1. The number of hydrogen-bond acceptors (Lipinski definition) is 5. The highest BCUT2D eigenvalue weighted by molar-refractivity contribution is 7.21. The van der Waals surface area contributed by atoms with E-state index in [0.717, 1.165) is 39.3 Å². The Morgan fingerprint density at radius 3 is 2.45 bits per heavy atom. The fourth-order valence-electron chi connectivity index (χ4n) is 3.10. The van der Waals surface area contributed by atoms with Crippen LogP contribution in [0.1, 0.15) is 22.2 Å². The molecule has 0 atom stereocenters. The van der Waals surface area contributed by atoms with E-state index in [1.165, 1.54) is 16.9 Å². The van der Waals surface area contributed by atoms with Gasteiger partial charge in [0.25, 0.3) is 5.91 Å². The van der Waals surface area contributed by atoms with Gasteiger partial charge in [0.1, 0.15) is 15.5 Å². The number of anilines is 2. The number of fused-ring (bicyclic) bond motifs is 1. The molecule has 0 spiro atoms. The molecule has 2 heterocycles. The van der Waals surface area contributed by atoms with Crippen molar-refractivity contribution in [3.05, 3.63) is 71.1 Å². The number of carbonyl (C=O) groups excluding carboxylic acids is 1. The summed E-state index contributed by atoms with van der Waals surface area (Å²) in [5, 5.41) is 3.71. The largest absolute Gasteiger partial charge is 0.497 e. The van der Waals surface area contributed by atoms with Gasteiger partial charge in [-0.15, -0.1) is 11.3 Å². The van der Waals surface area contributed by atoms with Gasteiger partial charge in [-0.1, -0.05) is 19.1 Å². The number of nitrogen functional groups attached to an aromatic ring is 1. The van der Waals surface area contributed by atoms with E-state index in [2.05, 4.69) is 12.2 Å². The fourth-order valence-corrected chi connectivity index (χ4v) is 4.09. The monoisotopic (exact) mass is 403 g/mol. The Labute approximate surface area is 173 Å². The van der Waals surface area contributed by atoms with Gasteiger partial charge in [-0.25, -0.2) is 4.98 Å². The summed E-state index contributed by atoms with van der Waals surface area (Å²) in [6.45, 7) is 2.10. The molecule has 1 amide bonds. The maximum Gasteiger partial charge on any atom is 0.267 e. The standard InChI is InChI=1S/C23H21N3O2S/c1-3-14-4-8-16(9-5-14)25-22(27)21-20(24)18-12-13-19(26-23(18)29-21)15-6-10-17(28-2)11-7-15/h4-13H,3,24H2,1-2H3,(H,25,27). The summed E-state index contributed by atoms with van der Waals surface area (Å²) in [7, 11) is 1.64. The van der Waals surface area contributed by atoms with Crippen LogP contribution in [0.4, 0.5) is 11.4 Å². The zero-order valence-electron chi connectivity index (χ0n) is 16.2. The van der Waals surface area contributed by atoms with Gasteiger partial charge in [0.05, 0.1) is 18.5 Å². The smallest absolute Gasteiger partial charge is 0.267 e. The molecule has 0 aliphatic carbocycles. The zero-order valence-corrected chi connectivity index (χ0v) is 17.0. The minimum atomic E-state index is -0.222. The van der Waals surface area contributed by atoms with Gasteiger partial charge in [0.15, 0.2) is 0 Å². The first-order valence-corrected chi connectivity index (χ1v) is 10.1. The van der Waals surface area contributed by atoms with E-state index in [0.29, 0.717) is 10.6 Å². The number of amides is 1. The van der Waals surface area contributed by atoms with Crippen LogP contribution >= 0.6 is 11.3 Å². The van der Waals surface area contributed by atoms with Crippen LogP contribution in [0, 0.1) is 0 Å². The van der Waals surface area contributed by atoms with Gasteiger partial charge >= 0.3 is 0 Å². The summed E-state index contributed by atoms with van der Waals surface area (Å²) in [5.74, 6) is 0.571. The van der Waals surface area contributed by atoms with Crippen LogP contribution in [0.3, 0.4) is 0 Å². The van der Waals surface area contributed by atoms with Crippen molar-refractivity contribution in [1.82, 2.24) is 4.98 Å². The van der Waals surface area contributed by atoms with E-state index >= 15 is 0 Å². The summed E-state index contributed by atoms with van der Waals surface area (Å²) in [6, 6.07) is 19.4. The molecule has 4 aromatic rings. The molecule has 0 radical (unpaired) electrons. The second-order valence-electron chi connectivity index (χ2n) is 6.63. The number of pyridine rings is 1. The molecule has 2 aromatic heterocycles. The lowest BCUT2D eigenvalue weighted by Gasteiger charge is -2.05. The van der Waals surface area contributed by atoms with E-state index in [1.54, 1.807) is 7.11 Å². The molecule has 0 saturated carbocycles. The molecule has 5 nitrogen and oxygen atoms in total. The van der Waals surface area contributed by atoms with Crippen LogP contribution in [0.25, 0.3) is 21.5 Å². The molecule has 3 N–H and O–H groups in total. The summed E-state index contributed by atoms with van der Waals surface area (Å²) < 4.78 is 5.20. The summed E-state index contributed by atoms with van der Waals surface area (Å²) >= 11 is 1.30. The average Bonchev–Trinajstić information content (AvgIpc) is 3.10. The molecule has 2 aromatic carbocycles. The van der Waals surface area contributed by atoms with Crippen molar-refractivity contribution in [1.29, 1.82) is 0 Å². The highest BCUT2D eigenvalue weighted by atomic mass is 32.1. The zero-order chi connectivity index (χ0) is 20.4. The Hall–Kier alpha value is -3.38. The topological polar surface area (TPSA) is 77.2 Å². The van der Waals surface area contributed by atoms with Crippen LogP contribution in [-0.2, 0) is 6.42 Å². The fraction of sp³-hybridized carbons (Fsp3) is 0.130. The van der Waals surface area contributed by atoms with Gasteiger partial charge in [-0.3, -0.25) is 4.79 Å². The molecular formula is C23H21N3O2S. The Morgan fingerprint density at radius 2 is 1.79 bits per heavy atom. The summed E-state index contributed by atoms with van der Waals surface area (Å²) in [5.41, 5.74) is 10.5. The van der Waals surface area contributed by atoms with Gasteiger partial charge < -0.3 is 15.8 Å². The number of rotatable bonds is 5.